The number of hydrogen-bond donors (Lipinski definition) is 2. The van der Waals surface area contributed by atoms with Crippen LogP contribution >= 0.6 is 0 Å². The second-order valence-electron chi connectivity index (χ2n) is 5.01. The van der Waals surface area contributed by atoms with Crippen molar-refractivity contribution in [1.29, 1.82) is 0 Å². The predicted octanol–water partition coefficient (Wildman–Crippen LogP) is 1.65. The minimum absolute atomic E-state index is 0.0463. The van der Waals surface area contributed by atoms with Crippen molar-refractivity contribution in [2.75, 3.05) is 6.54 Å². The van der Waals surface area contributed by atoms with Gasteiger partial charge in [0.25, 0.3) is 5.91 Å². The van der Waals surface area contributed by atoms with Crippen LogP contribution in [0.25, 0.3) is 0 Å². The van der Waals surface area contributed by atoms with E-state index >= 15 is 0 Å². The zero-order valence-corrected chi connectivity index (χ0v) is 11.2. The molecule has 20 heavy (non-hydrogen) atoms. The molecule has 1 aliphatic rings. The molecule has 0 aromatic carbocycles. The fourth-order valence-corrected chi connectivity index (χ4v) is 2.57. The van der Waals surface area contributed by atoms with Gasteiger partial charge in [-0.15, -0.1) is 0 Å². The molecule has 6 nitrogen and oxygen atoms in total. The van der Waals surface area contributed by atoms with Crippen LogP contribution in [-0.2, 0) is 4.79 Å². The van der Waals surface area contributed by atoms with E-state index in [9.17, 15) is 14.7 Å². The zero-order chi connectivity index (χ0) is 14.5. The summed E-state index contributed by atoms with van der Waals surface area (Å²) < 4.78 is 0. The van der Waals surface area contributed by atoms with Crippen molar-refractivity contribution >= 4 is 11.9 Å². The molecular weight excluding hydrogens is 260 g/mol. The van der Waals surface area contributed by atoms with Crippen LogP contribution in [0.1, 0.15) is 42.5 Å². The molecular formula is C14H18N2O4. The van der Waals surface area contributed by atoms with E-state index in [1.807, 2.05) is 0 Å². The first-order valence-electron chi connectivity index (χ1n) is 6.74. The third kappa shape index (κ3) is 3.46. The van der Waals surface area contributed by atoms with E-state index in [2.05, 4.69) is 4.98 Å². The zero-order valence-electron chi connectivity index (χ0n) is 11.2. The summed E-state index contributed by atoms with van der Waals surface area (Å²) in [7, 11) is 0. The van der Waals surface area contributed by atoms with Gasteiger partial charge in [-0.3, -0.25) is 14.6 Å². The summed E-state index contributed by atoms with van der Waals surface area (Å²) in [5.41, 5.74) is 0.340. The van der Waals surface area contributed by atoms with Crippen molar-refractivity contribution in [1.82, 2.24) is 9.88 Å². The number of nitrogens with zero attached hydrogens (tertiary/aromatic N) is 2. The van der Waals surface area contributed by atoms with E-state index in [1.54, 1.807) is 4.90 Å². The number of aliphatic carboxylic acids is 1. The Labute approximate surface area is 117 Å². The average molecular weight is 278 g/mol. The van der Waals surface area contributed by atoms with Crippen LogP contribution in [0.2, 0.25) is 0 Å². The highest BCUT2D eigenvalue weighted by atomic mass is 16.4. The van der Waals surface area contributed by atoms with E-state index in [0.717, 1.165) is 19.3 Å². The van der Waals surface area contributed by atoms with E-state index in [-0.39, 0.29) is 24.1 Å². The Bertz CT molecular complexity index is 504. The SMILES string of the molecule is O=C(O)CCC1CCCCN1C(=O)c1cncc(O)c1. The van der Waals surface area contributed by atoms with E-state index in [4.69, 9.17) is 5.11 Å². The maximum atomic E-state index is 12.4. The first-order chi connectivity index (χ1) is 9.58. The molecule has 1 aromatic heterocycles. The number of carboxylic acids is 1. The molecule has 0 saturated carbocycles. The first-order valence-corrected chi connectivity index (χ1v) is 6.74. The summed E-state index contributed by atoms with van der Waals surface area (Å²) in [5, 5.41) is 18.2. The predicted molar refractivity (Wildman–Crippen MR) is 71.4 cm³/mol. The van der Waals surface area contributed by atoms with Crippen LogP contribution in [0.15, 0.2) is 18.5 Å². The van der Waals surface area contributed by atoms with Gasteiger partial charge in [-0.25, -0.2) is 0 Å². The van der Waals surface area contributed by atoms with Gasteiger partial charge in [0.15, 0.2) is 0 Å². The molecule has 1 saturated heterocycles. The van der Waals surface area contributed by atoms with Crippen molar-refractivity contribution < 1.29 is 19.8 Å². The minimum Gasteiger partial charge on any atom is -0.506 e. The van der Waals surface area contributed by atoms with Crippen molar-refractivity contribution in [3.63, 3.8) is 0 Å². The van der Waals surface area contributed by atoms with Gasteiger partial charge in [0.1, 0.15) is 5.75 Å². The molecule has 1 aliphatic heterocycles. The molecule has 0 bridgehead atoms. The lowest BCUT2D eigenvalue weighted by molar-refractivity contribution is -0.137. The monoisotopic (exact) mass is 278 g/mol. The quantitative estimate of drug-likeness (QED) is 0.873. The highest BCUT2D eigenvalue weighted by Crippen LogP contribution is 2.23. The van der Waals surface area contributed by atoms with Gasteiger partial charge in [-0.05, 0) is 31.7 Å². The van der Waals surface area contributed by atoms with Crippen LogP contribution in [0.4, 0.5) is 0 Å². The largest absolute Gasteiger partial charge is 0.506 e. The summed E-state index contributed by atoms with van der Waals surface area (Å²) in [5.74, 6) is -1.08. The first kappa shape index (κ1) is 14.3. The Hall–Kier alpha value is -2.11. The molecule has 1 aromatic rings. The van der Waals surface area contributed by atoms with Gasteiger partial charge in [-0.2, -0.15) is 0 Å². The molecule has 1 unspecified atom stereocenters. The topological polar surface area (TPSA) is 90.7 Å². The molecule has 0 aliphatic carbocycles. The lowest BCUT2D eigenvalue weighted by Crippen LogP contribution is -2.44. The highest BCUT2D eigenvalue weighted by molar-refractivity contribution is 5.94. The summed E-state index contributed by atoms with van der Waals surface area (Å²) in [6.07, 6.45) is 5.97. The van der Waals surface area contributed by atoms with Crippen LogP contribution in [0, 0.1) is 0 Å². The number of pyridine rings is 1. The van der Waals surface area contributed by atoms with E-state index in [0.29, 0.717) is 18.5 Å². The third-order valence-corrected chi connectivity index (χ3v) is 3.55. The second-order valence-corrected chi connectivity index (χ2v) is 5.01. The maximum absolute atomic E-state index is 12.4. The lowest BCUT2D eigenvalue weighted by atomic mass is 9.97. The van der Waals surface area contributed by atoms with Crippen LogP contribution in [0.3, 0.4) is 0 Å². The number of carbonyl (C=O) groups is 2. The Balaban J connectivity index is 2.10. The number of piperidine rings is 1. The van der Waals surface area contributed by atoms with Crippen molar-refractivity contribution in [2.45, 2.75) is 38.1 Å². The molecule has 2 N–H and O–H groups in total. The molecule has 1 amide bonds. The fourth-order valence-electron chi connectivity index (χ4n) is 2.57. The second kappa shape index (κ2) is 6.36. The molecule has 108 valence electrons. The molecule has 1 atom stereocenters. The van der Waals surface area contributed by atoms with Gasteiger partial charge >= 0.3 is 5.97 Å². The van der Waals surface area contributed by atoms with Gasteiger partial charge in [0.05, 0.1) is 11.8 Å². The minimum atomic E-state index is -0.845. The van der Waals surface area contributed by atoms with Crippen molar-refractivity contribution in [2.24, 2.45) is 0 Å². The van der Waals surface area contributed by atoms with Gasteiger partial charge in [0, 0.05) is 25.2 Å². The fraction of sp³-hybridized carbons (Fsp3) is 0.500. The summed E-state index contributed by atoms with van der Waals surface area (Å²) in [4.78, 5) is 28.6. The summed E-state index contributed by atoms with van der Waals surface area (Å²) in [6.45, 7) is 0.624. The molecule has 0 radical (unpaired) electrons. The number of aromatic nitrogens is 1. The van der Waals surface area contributed by atoms with Crippen LogP contribution < -0.4 is 0 Å². The number of likely N-dealkylation sites (tertiary alicyclic amines) is 1. The average Bonchev–Trinajstić information content (AvgIpc) is 2.44. The Kier molecular flexibility index (Phi) is 4.55. The molecule has 1 fully saturated rings. The standard InChI is InChI=1S/C14H18N2O4/c17-12-7-10(8-15-9-12)14(20)16-6-2-1-3-11(16)4-5-13(18)19/h7-9,11,17H,1-6H2,(H,18,19). The lowest BCUT2D eigenvalue weighted by Gasteiger charge is -2.35. The van der Waals surface area contributed by atoms with Gasteiger partial charge < -0.3 is 15.1 Å². The molecule has 2 rings (SSSR count). The molecule has 6 heteroatoms. The number of hydrogen-bond acceptors (Lipinski definition) is 4. The normalized spacial score (nSPS) is 18.8. The van der Waals surface area contributed by atoms with E-state index < -0.39 is 5.97 Å². The number of carboxylic acid groups (broad SMARTS) is 1. The van der Waals surface area contributed by atoms with E-state index in [1.165, 1.54) is 18.5 Å². The number of aromatic hydroxyl groups is 1. The molecule has 0 spiro atoms. The third-order valence-electron chi connectivity index (χ3n) is 3.55. The number of amides is 1. The Morgan fingerprint density at radius 1 is 1.35 bits per heavy atom. The Morgan fingerprint density at radius 3 is 2.85 bits per heavy atom. The number of carbonyl (C=O) groups excluding carboxylic acids is 1. The van der Waals surface area contributed by atoms with Gasteiger partial charge in [-0.1, -0.05) is 0 Å². The Morgan fingerprint density at radius 2 is 2.15 bits per heavy atom. The van der Waals surface area contributed by atoms with Crippen molar-refractivity contribution in [3.05, 3.63) is 24.0 Å². The summed E-state index contributed by atoms with van der Waals surface area (Å²) >= 11 is 0. The molecule has 2 heterocycles. The number of rotatable bonds is 4. The van der Waals surface area contributed by atoms with Crippen LogP contribution in [0.5, 0.6) is 5.75 Å². The smallest absolute Gasteiger partial charge is 0.303 e. The van der Waals surface area contributed by atoms with Crippen LogP contribution in [-0.4, -0.2) is 44.6 Å². The highest BCUT2D eigenvalue weighted by Gasteiger charge is 2.28. The summed E-state index contributed by atoms with van der Waals surface area (Å²) in [6, 6.07) is 1.34. The van der Waals surface area contributed by atoms with Gasteiger partial charge in [0.2, 0.25) is 0 Å². The van der Waals surface area contributed by atoms with Crippen molar-refractivity contribution in [3.8, 4) is 5.75 Å². The maximum Gasteiger partial charge on any atom is 0.303 e.